The van der Waals surface area contributed by atoms with Crippen LogP contribution in [0.15, 0.2) is 30.3 Å². The van der Waals surface area contributed by atoms with Crippen LogP contribution in [-0.4, -0.2) is 25.6 Å². The number of halogens is 2. The number of ether oxygens (including phenoxy) is 2. The number of aryl methyl sites for hydroxylation is 1. The lowest BCUT2D eigenvalue weighted by Crippen LogP contribution is -2.38. The molecule has 0 fully saturated rings. The van der Waals surface area contributed by atoms with Crippen molar-refractivity contribution in [3.63, 3.8) is 0 Å². The van der Waals surface area contributed by atoms with Crippen molar-refractivity contribution in [2.24, 2.45) is 0 Å². The molecule has 5 nitrogen and oxygen atoms in total. The third-order valence-corrected chi connectivity index (χ3v) is 5.26. The summed E-state index contributed by atoms with van der Waals surface area (Å²) in [4.78, 5) is 10.5. The maximum atomic E-state index is 15.3. The molecule has 0 radical (unpaired) electrons. The molecule has 1 aliphatic heterocycles. The van der Waals surface area contributed by atoms with Crippen LogP contribution in [0.5, 0.6) is 17.2 Å². The van der Waals surface area contributed by atoms with E-state index >= 15 is 4.39 Å². The maximum Gasteiger partial charge on any atom is 0.207 e. The van der Waals surface area contributed by atoms with E-state index in [9.17, 15) is 4.79 Å². The fourth-order valence-electron chi connectivity index (χ4n) is 3.47. The zero-order valence-corrected chi connectivity index (χ0v) is 17.4. The van der Waals surface area contributed by atoms with Crippen molar-refractivity contribution < 1.29 is 18.7 Å². The SMILES string of the molecule is CC[C@@H](N[C@@H](C)CNC=O)c1ccc(Cl)c(Oc2ccc3c(c2)OCCC3)c1F. The Labute approximate surface area is 175 Å². The molecule has 3 rings (SSSR count). The summed E-state index contributed by atoms with van der Waals surface area (Å²) in [5, 5.41) is 6.16. The highest BCUT2D eigenvalue weighted by atomic mass is 35.5. The zero-order chi connectivity index (χ0) is 20.8. The Kier molecular flexibility index (Phi) is 7.34. The molecule has 156 valence electrons. The molecule has 1 amide bonds. The highest BCUT2D eigenvalue weighted by Crippen LogP contribution is 2.38. The molecule has 2 atom stereocenters. The van der Waals surface area contributed by atoms with Crippen LogP contribution in [0, 0.1) is 5.82 Å². The molecule has 2 aromatic rings. The number of nitrogens with one attached hydrogen (secondary N) is 2. The third kappa shape index (κ3) is 5.19. The minimum atomic E-state index is -0.494. The molecule has 1 heterocycles. The van der Waals surface area contributed by atoms with Gasteiger partial charge >= 0.3 is 0 Å². The standard InChI is InChI=1S/C22H26ClFN2O3/c1-3-19(26-14(2)12-25-13-27)17-8-9-18(23)22(21(17)24)29-16-7-6-15-5-4-10-28-20(15)11-16/h6-9,11,13-14,19,26H,3-5,10,12H2,1-2H3,(H,25,27)/t14-,19+/m0/s1. The van der Waals surface area contributed by atoms with E-state index in [1.807, 2.05) is 19.9 Å². The number of benzene rings is 2. The Bertz CT molecular complexity index is 862. The molecule has 0 unspecified atom stereocenters. The lowest BCUT2D eigenvalue weighted by Gasteiger charge is -2.24. The summed E-state index contributed by atoms with van der Waals surface area (Å²) < 4.78 is 26.9. The van der Waals surface area contributed by atoms with Gasteiger partial charge in [0.15, 0.2) is 11.6 Å². The highest BCUT2D eigenvalue weighted by molar-refractivity contribution is 6.32. The lowest BCUT2D eigenvalue weighted by atomic mass is 10.0. The van der Waals surface area contributed by atoms with E-state index in [0.29, 0.717) is 37.3 Å². The Morgan fingerprint density at radius 2 is 2.17 bits per heavy atom. The normalized spacial score (nSPS) is 15.0. The van der Waals surface area contributed by atoms with Crippen LogP contribution < -0.4 is 20.1 Å². The molecular formula is C22H26ClFN2O3. The molecule has 0 aliphatic carbocycles. The van der Waals surface area contributed by atoms with Gasteiger partial charge in [0.05, 0.1) is 11.6 Å². The van der Waals surface area contributed by atoms with Gasteiger partial charge in [-0.1, -0.05) is 30.7 Å². The number of rotatable bonds is 9. The molecule has 29 heavy (non-hydrogen) atoms. The summed E-state index contributed by atoms with van der Waals surface area (Å²) >= 11 is 6.25. The minimum absolute atomic E-state index is 0.00107. The van der Waals surface area contributed by atoms with Crippen molar-refractivity contribution in [3.05, 3.63) is 52.3 Å². The van der Waals surface area contributed by atoms with E-state index in [1.54, 1.807) is 24.3 Å². The second kappa shape index (κ2) is 9.94. The largest absolute Gasteiger partial charge is 0.493 e. The molecule has 0 saturated carbocycles. The predicted molar refractivity (Wildman–Crippen MR) is 111 cm³/mol. The Hall–Kier alpha value is -2.31. The van der Waals surface area contributed by atoms with Gasteiger partial charge in [0.2, 0.25) is 6.41 Å². The Balaban J connectivity index is 1.83. The van der Waals surface area contributed by atoms with E-state index in [0.717, 1.165) is 24.2 Å². The summed E-state index contributed by atoms with van der Waals surface area (Å²) in [5.41, 5.74) is 1.59. The first-order valence-electron chi connectivity index (χ1n) is 9.88. The Morgan fingerprint density at radius 3 is 2.93 bits per heavy atom. The highest BCUT2D eigenvalue weighted by Gasteiger charge is 2.22. The summed E-state index contributed by atoms with van der Waals surface area (Å²) in [6.07, 6.45) is 3.26. The molecule has 0 aromatic heterocycles. The maximum absolute atomic E-state index is 15.3. The van der Waals surface area contributed by atoms with E-state index in [1.165, 1.54) is 0 Å². The Morgan fingerprint density at radius 1 is 1.34 bits per heavy atom. The van der Waals surface area contributed by atoms with Crippen LogP contribution in [0.25, 0.3) is 0 Å². The quantitative estimate of drug-likeness (QED) is 0.573. The number of hydrogen-bond donors (Lipinski definition) is 2. The molecule has 0 spiro atoms. The van der Waals surface area contributed by atoms with Crippen molar-refractivity contribution in [1.29, 1.82) is 0 Å². The second-order valence-corrected chi connectivity index (χ2v) is 7.57. The first kappa shape index (κ1) is 21.4. The number of fused-ring (bicyclic) bond motifs is 1. The fourth-order valence-corrected chi connectivity index (χ4v) is 3.65. The number of amides is 1. The van der Waals surface area contributed by atoms with E-state index in [-0.39, 0.29) is 22.9 Å². The minimum Gasteiger partial charge on any atom is -0.493 e. The van der Waals surface area contributed by atoms with Gasteiger partial charge in [-0.15, -0.1) is 0 Å². The van der Waals surface area contributed by atoms with Gasteiger partial charge < -0.3 is 20.1 Å². The zero-order valence-electron chi connectivity index (χ0n) is 16.6. The number of carbonyl (C=O) groups excluding carboxylic acids is 1. The smallest absolute Gasteiger partial charge is 0.207 e. The van der Waals surface area contributed by atoms with Crippen molar-refractivity contribution in [2.75, 3.05) is 13.2 Å². The summed E-state index contributed by atoms with van der Waals surface area (Å²) in [6.45, 7) is 5.01. The number of carbonyl (C=O) groups is 1. The molecule has 0 saturated heterocycles. The van der Waals surface area contributed by atoms with Crippen LogP contribution in [0.2, 0.25) is 5.02 Å². The van der Waals surface area contributed by atoms with Gasteiger partial charge in [0.25, 0.3) is 0 Å². The van der Waals surface area contributed by atoms with Gasteiger partial charge in [-0.3, -0.25) is 4.79 Å². The average molecular weight is 421 g/mol. The van der Waals surface area contributed by atoms with Crippen molar-refractivity contribution in [1.82, 2.24) is 10.6 Å². The van der Waals surface area contributed by atoms with Crippen LogP contribution in [0.1, 0.15) is 43.9 Å². The average Bonchev–Trinajstić information content (AvgIpc) is 2.73. The molecule has 2 N–H and O–H groups in total. The predicted octanol–water partition coefficient (Wildman–Crippen LogP) is 4.77. The summed E-state index contributed by atoms with van der Waals surface area (Å²) in [6, 6.07) is 8.56. The first-order chi connectivity index (χ1) is 14.0. The second-order valence-electron chi connectivity index (χ2n) is 7.16. The van der Waals surface area contributed by atoms with Crippen molar-refractivity contribution in [3.8, 4) is 17.2 Å². The van der Waals surface area contributed by atoms with Crippen LogP contribution in [0.3, 0.4) is 0 Å². The number of hydrogen-bond acceptors (Lipinski definition) is 4. The van der Waals surface area contributed by atoms with E-state index < -0.39 is 5.82 Å². The molecule has 1 aliphatic rings. The molecule has 2 aromatic carbocycles. The molecular weight excluding hydrogens is 395 g/mol. The lowest BCUT2D eigenvalue weighted by molar-refractivity contribution is -0.109. The third-order valence-electron chi connectivity index (χ3n) is 4.96. The van der Waals surface area contributed by atoms with Gasteiger partial charge in [0, 0.05) is 30.3 Å². The monoisotopic (exact) mass is 420 g/mol. The van der Waals surface area contributed by atoms with Crippen LogP contribution in [0.4, 0.5) is 4.39 Å². The topological polar surface area (TPSA) is 59.6 Å². The van der Waals surface area contributed by atoms with Crippen LogP contribution in [-0.2, 0) is 11.2 Å². The summed E-state index contributed by atoms with van der Waals surface area (Å²) in [5.74, 6) is 0.754. The summed E-state index contributed by atoms with van der Waals surface area (Å²) in [7, 11) is 0. The van der Waals surface area contributed by atoms with E-state index in [2.05, 4.69) is 10.6 Å². The fraction of sp³-hybridized carbons (Fsp3) is 0.409. The van der Waals surface area contributed by atoms with Crippen molar-refractivity contribution >= 4 is 18.0 Å². The first-order valence-corrected chi connectivity index (χ1v) is 10.3. The van der Waals surface area contributed by atoms with Gasteiger partial charge in [-0.2, -0.15) is 0 Å². The molecule has 7 heteroatoms. The van der Waals surface area contributed by atoms with E-state index in [4.69, 9.17) is 21.1 Å². The van der Waals surface area contributed by atoms with Gasteiger partial charge in [-0.05, 0) is 43.9 Å². The van der Waals surface area contributed by atoms with Crippen LogP contribution >= 0.6 is 11.6 Å². The van der Waals surface area contributed by atoms with Gasteiger partial charge in [0.1, 0.15) is 11.5 Å². The van der Waals surface area contributed by atoms with Gasteiger partial charge in [-0.25, -0.2) is 4.39 Å². The molecule has 0 bridgehead atoms. The van der Waals surface area contributed by atoms with Crippen molar-refractivity contribution in [2.45, 2.75) is 45.2 Å².